The van der Waals surface area contributed by atoms with E-state index < -0.39 is 0 Å². The fraction of sp³-hybridized carbons (Fsp3) is 0.588. The van der Waals surface area contributed by atoms with Crippen LogP contribution in [0.5, 0.6) is 0 Å². The first kappa shape index (κ1) is 16.3. The van der Waals surface area contributed by atoms with Crippen molar-refractivity contribution in [1.29, 1.82) is 0 Å². The smallest absolute Gasteiger partial charge is 0.306 e. The second-order valence-electron chi connectivity index (χ2n) is 6.05. The lowest BCUT2D eigenvalue weighted by atomic mass is 9.76. The van der Waals surface area contributed by atoms with Crippen molar-refractivity contribution in [3.63, 3.8) is 0 Å². The fourth-order valence-corrected chi connectivity index (χ4v) is 3.52. The SMILES string of the molecule is CCOC(=O)CC1(CC(N)c2ccc(Cl)cc2)CCCC1. The minimum Gasteiger partial charge on any atom is -0.466 e. The predicted octanol–water partition coefficient (Wildman–Crippen LogP) is 4.24. The molecule has 0 spiro atoms. The molecular formula is C17H24ClNO2. The lowest BCUT2D eigenvalue weighted by Crippen LogP contribution is -2.27. The molecule has 1 aliphatic carbocycles. The fourth-order valence-electron chi connectivity index (χ4n) is 3.39. The number of ether oxygens (including phenoxy) is 1. The van der Waals surface area contributed by atoms with Crippen LogP contribution in [-0.4, -0.2) is 12.6 Å². The zero-order valence-corrected chi connectivity index (χ0v) is 13.4. The zero-order chi connectivity index (χ0) is 15.3. The zero-order valence-electron chi connectivity index (χ0n) is 12.6. The molecule has 2 rings (SSSR count). The van der Waals surface area contributed by atoms with Crippen LogP contribution in [0.4, 0.5) is 0 Å². The van der Waals surface area contributed by atoms with Crippen molar-refractivity contribution >= 4 is 17.6 Å². The quantitative estimate of drug-likeness (QED) is 0.799. The Morgan fingerprint density at radius 1 is 1.33 bits per heavy atom. The maximum atomic E-state index is 11.9. The molecule has 1 saturated carbocycles. The van der Waals surface area contributed by atoms with Gasteiger partial charge in [0.2, 0.25) is 0 Å². The standard InChI is InChI=1S/C17H24ClNO2/c1-2-21-16(20)12-17(9-3-4-10-17)11-15(19)13-5-7-14(18)8-6-13/h5-8,15H,2-4,9-12,19H2,1H3. The molecule has 3 nitrogen and oxygen atoms in total. The topological polar surface area (TPSA) is 52.3 Å². The van der Waals surface area contributed by atoms with Gasteiger partial charge in [0.15, 0.2) is 0 Å². The van der Waals surface area contributed by atoms with Crippen molar-refractivity contribution in [2.45, 2.75) is 51.5 Å². The van der Waals surface area contributed by atoms with Crippen molar-refractivity contribution in [3.05, 3.63) is 34.9 Å². The van der Waals surface area contributed by atoms with Crippen molar-refractivity contribution in [3.8, 4) is 0 Å². The summed E-state index contributed by atoms with van der Waals surface area (Å²) in [6, 6.07) is 7.61. The van der Waals surface area contributed by atoms with Crippen LogP contribution in [-0.2, 0) is 9.53 Å². The third-order valence-electron chi connectivity index (χ3n) is 4.44. The molecule has 1 aromatic rings. The van der Waals surface area contributed by atoms with E-state index in [-0.39, 0.29) is 17.4 Å². The number of hydrogen-bond acceptors (Lipinski definition) is 3. The molecular weight excluding hydrogens is 286 g/mol. The summed E-state index contributed by atoms with van der Waals surface area (Å²) < 4.78 is 5.13. The summed E-state index contributed by atoms with van der Waals surface area (Å²) in [6.07, 6.45) is 5.79. The van der Waals surface area contributed by atoms with Gasteiger partial charge < -0.3 is 10.5 Å². The molecule has 4 heteroatoms. The normalized spacial score (nSPS) is 18.4. The molecule has 0 bridgehead atoms. The summed E-state index contributed by atoms with van der Waals surface area (Å²) in [4.78, 5) is 11.9. The average molecular weight is 310 g/mol. The van der Waals surface area contributed by atoms with E-state index in [1.54, 1.807) is 0 Å². The monoisotopic (exact) mass is 309 g/mol. The molecule has 1 aromatic carbocycles. The van der Waals surface area contributed by atoms with Gasteiger partial charge in [-0.2, -0.15) is 0 Å². The maximum absolute atomic E-state index is 11.9. The highest BCUT2D eigenvalue weighted by atomic mass is 35.5. The molecule has 0 aromatic heterocycles. The molecule has 21 heavy (non-hydrogen) atoms. The predicted molar refractivity (Wildman–Crippen MR) is 85.1 cm³/mol. The van der Waals surface area contributed by atoms with Gasteiger partial charge in [-0.25, -0.2) is 0 Å². The molecule has 1 unspecified atom stereocenters. The van der Waals surface area contributed by atoms with Crippen molar-refractivity contribution in [2.75, 3.05) is 6.61 Å². The van der Waals surface area contributed by atoms with E-state index in [2.05, 4.69) is 0 Å². The van der Waals surface area contributed by atoms with Gasteiger partial charge in [0.05, 0.1) is 13.0 Å². The van der Waals surface area contributed by atoms with Gasteiger partial charge in [-0.05, 0) is 49.3 Å². The molecule has 0 aliphatic heterocycles. The molecule has 1 fully saturated rings. The molecule has 0 radical (unpaired) electrons. The highest BCUT2D eigenvalue weighted by Gasteiger charge is 2.38. The van der Waals surface area contributed by atoms with E-state index in [9.17, 15) is 4.79 Å². The Hall–Kier alpha value is -1.06. The maximum Gasteiger partial charge on any atom is 0.306 e. The molecule has 1 aliphatic rings. The van der Waals surface area contributed by atoms with Crippen LogP contribution in [0, 0.1) is 5.41 Å². The van der Waals surface area contributed by atoms with E-state index in [4.69, 9.17) is 22.1 Å². The summed E-state index contributed by atoms with van der Waals surface area (Å²) in [6.45, 7) is 2.29. The summed E-state index contributed by atoms with van der Waals surface area (Å²) in [7, 11) is 0. The first-order chi connectivity index (χ1) is 10.0. The summed E-state index contributed by atoms with van der Waals surface area (Å²) in [5.74, 6) is -0.0947. The third-order valence-corrected chi connectivity index (χ3v) is 4.69. The van der Waals surface area contributed by atoms with E-state index in [1.807, 2.05) is 31.2 Å². The third kappa shape index (κ3) is 4.45. The van der Waals surface area contributed by atoms with Crippen LogP contribution in [0.2, 0.25) is 5.02 Å². The Morgan fingerprint density at radius 3 is 2.52 bits per heavy atom. The number of benzene rings is 1. The van der Waals surface area contributed by atoms with Crippen LogP contribution in [0.3, 0.4) is 0 Å². The van der Waals surface area contributed by atoms with Crippen LogP contribution in [0.25, 0.3) is 0 Å². The summed E-state index contributed by atoms with van der Waals surface area (Å²) in [5, 5.41) is 0.716. The molecule has 0 saturated heterocycles. The van der Waals surface area contributed by atoms with Crippen LogP contribution in [0.15, 0.2) is 24.3 Å². The highest BCUT2D eigenvalue weighted by molar-refractivity contribution is 6.30. The molecule has 1 atom stereocenters. The van der Waals surface area contributed by atoms with Gasteiger partial charge in [-0.1, -0.05) is 36.6 Å². The largest absolute Gasteiger partial charge is 0.466 e. The Balaban J connectivity index is 2.05. The second kappa shape index (κ2) is 7.28. The molecule has 2 N–H and O–H groups in total. The van der Waals surface area contributed by atoms with Crippen molar-refractivity contribution in [1.82, 2.24) is 0 Å². The molecule has 116 valence electrons. The summed E-state index contributed by atoms with van der Waals surface area (Å²) >= 11 is 5.92. The molecule has 0 amide bonds. The van der Waals surface area contributed by atoms with E-state index in [0.717, 1.165) is 24.8 Å². The number of halogens is 1. The van der Waals surface area contributed by atoms with Gasteiger partial charge in [0.1, 0.15) is 0 Å². The Bertz CT molecular complexity index is 466. The Morgan fingerprint density at radius 2 is 1.95 bits per heavy atom. The second-order valence-corrected chi connectivity index (χ2v) is 6.49. The number of nitrogens with two attached hydrogens (primary N) is 1. The number of hydrogen-bond donors (Lipinski definition) is 1. The number of rotatable bonds is 6. The summed E-state index contributed by atoms with van der Waals surface area (Å²) in [5.41, 5.74) is 7.45. The Kier molecular flexibility index (Phi) is 5.65. The lowest BCUT2D eigenvalue weighted by molar-refractivity contribution is -0.146. The highest BCUT2D eigenvalue weighted by Crippen LogP contribution is 2.47. The van der Waals surface area contributed by atoms with E-state index in [0.29, 0.717) is 18.1 Å². The van der Waals surface area contributed by atoms with Crippen LogP contribution >= 0.6 is 11.6 Å². The van der Waals surface area contributed by atoms with Gasteiger partial charge in [0, 0.05) is 11.1 Å². The first-order valence-corrected chi connectivity index (χ1v) is 8.09. The number of carbonyl (C=O) groups is 1. The van der Waals surface area contributed by atoms with Gasteiger partial charge in [-0.3, -0.25) is 4.79 Å². The first-order valence-electron chi connectivity index (χ1n) is 7.71. The lowest BCUT2D eigenvalue weighted by Gasteiger charge is -2.31. The minimum atomic E-state index is -0.0947. The van der Waals surface area contributed by atoms with Gasteiger partial charge >= 0.3 is 5.97 Å². The van der Waals surface area contributed by atoms with Gasteiger partial charge in [-0.15, -0.1) is 0 Å². The van der Waals surface area contributed by atoms with E-state index >= 15 is 0 Å². The molecule has 0 heterocycles. The average Bonchev–Trinajstić information content (AvgIpc) is 2.87. The van der Waals surface area contributed by atoms with Gasteiger partial charge in [0.25, 0.3) is 0 Å². The van der Waals surface area contributed by atoms with E-state index in [1.165, 1.54) is 12.8 Å². The minimum absolute atomic E-state index is 0.00526. The number of carbonyl (C=O) groups excluding carboxylic acids is 1. The van der Waals surface area contributed by atoms with Crippen LogP contribution < -0.4 is 5.73 Å². The van der Waals surface area contributed by atoms with Crippen molar-refractivity contribution < 1.29 is 9.53 Å². The number of esters is 1. The van der Waals surface area contributed by atoms with Crippen LogP contribution in [0.1, 0.15) is 57.1 Å². The van der Waals surface area contributed by atoms with Crippen molar-refractivity contribution in [2.24, 2.45) is 11.1 Å². The Labute approximate surface area is 131 Å².